The van der Waals surface area contributed by atoms with Crippen molar-refractivity contribution in [3.8, 4) is 5.69 Å². The highest BCUT2D eigenvalue weighted by Gasteiger charge is 2.41. The maximum Gasteiger partial charge on any atom is 0.268 e. The second kappa shape index (κ2) is 7.79. The monoisotopic (exact) mass is 394 g/mol. The molecule has 0 aliphatic carbocycles. The van der Waals surface area contributed by atoms with Gasteiger partial charge in [-0.2, -0.15) is 0 Å². The number of benzene rings is 1. The van der Waals surface area contributed by atoms with Gasteiger partial charge in [-0.25, -0.2) is 0 Å². The van der Waals surface area contributed by atoms with Crippen molar-refractivity contribution < 1.29 is 9.53 Å². The van der Waals surface area contributed by atoms with E-state index in [0.29, 0.717) is 11.5 Å². The van der Waals surface area contributed by atoms with E-state index < -0.39 is 0 Å². The standard InChI is InChI=1S/C24H30N2O3/c1-17(2)19-5-4-6-20(15-19)26-11-7-18(3)21(23(26)28)22(27)25-12-8-24(16-25)9-13-29-14-10-24/h4-7,11,15,17H,8-10,12-14,16H2,1-3H3. The zero-order valence-corrected chi connectivity index (χ0v) is 17.6. The Morgan fingerprint density at radius 1 is 1.14 bits per heavy atom. The molecule has 2 fully saturated rings. The van der Waals surface area contributed by atoms with Gasteiger partial charge in [-0.1, -0.05) is 26.0 Å². The number of hydrogen-bond acceptors (Lipinski definition) is 3. The number of aromatic nitrogens is 1. The maximum atomic E-state index is 13.4. The van der Waals surface area contributed by atoms with Crippen molar-refractivity contribution in [1.29, 1.82) is 0 Å². The lowest BCUT2D eigenvalue weighted by molar-refractivity contribution is 0.0190. The van der Waals surface area contributed by atoms with Crippen molar-refractivity contribution >= 4 is 5.91 Å². The largest absolute Gasteiger partial charge is 0.381 e. The molecule has 0 bridgehead atoms. The van der Waals surface area contributed by atoms with E-state index in [4.69, 9.17) is 4.74 Å². The molecule has 0 atom stereocenters. The minimum atomic E-state index is -0.233. The fraction of sp³-hybridized carbons (Fsp3) is 0.500. The molecule has 1 spiro atoms. The van der Waals surface area contributed by atoms with Crippen LogP contribution in [0.15, 0.2) is 41.3 Å². The van der Waals surface area contributed by atoms with Crippen molar-refractivity contribution in [3.63, 3.8) is 0 Å². The molecule has 5 heteroatoms. The van der Waals surface area contributed by atoms with Crippen LogP contribution < -0.4 is 5.56 Å². The second-order valence-corrected chi connectivity index (χ2v) is 8.89. The van der Waals surface area contributed by atoms with Crippen LogP contribution >= 0.6 is 0 Å². The first kappa shape index (κ1) is 19.9. The van der Waals surface area contributed by atoms with Crippen LogP contribution in [-0.4, -0.2) is 41.7 Å². The molecule has 5 nitrogen and oxygen atoms in total. The van der Waals surface area contributed by atoms with Crippen molar-refractivity contribution in [3.05, 3.63) is 63.6 Å². The highest BCUT2D eigenvalue weighted by atomic mass is 16.5. The predicted octanol–water partition coefficient (Wildman–Crippen LogP) is 3.91. The van der Waals surface area contributed by atoms with Crippen LogP contribution in [0.25, 0.3) is 5.69 Å². The molecule has 4 rings (SSSR count). The Morgan fingerprint density at radius 2 is 1.90 bits per heavy atom. The van der Waals surface area contributed by atoms with E-state index >= 15 is 0 Å². The molecule has 2 saturated heterocycles. The van der Waals surface area contributed by atoms with Gasteiger partial charge in [-0.3, -0.25) is 14.2 Å². The average molecular weight is 395 g/mol. The Bertz CT molecular complexity index is 970. The summed E-state index contributed by atoms with van der Waals surface area (Å²) in [5, 5.41) is 0. The minimum Gasteiger partial charge on any atom is -0.381 e. The zero-order valence-electron chi connectivity index (χ0n) is 17.6. The van der Waals surface area contributed by atoms with Crippen LogP contribution in [0, 0.1) is 12.3 Å². The molecule has 1 aromatic heterocycles. The van der Waals surface area contributed by atoms with Crippen LogP contribution in [0.3, 0.4) is 0 Å². The van der Waals surface area contributed by atoms with Gasteiger partial charge in [0, 0.05) is 38.2 Å². The first-order valence-corrected chi connectivity index (χ1v) is 10.6. The smallest absolute Gasteiger partial charge is 0.268 e. The van der Waals surface area contributed by atoms with Gasteiger partial charge < -0.3 is 9.64 Å². The van der Waals surface area contributed by atoms with Gasteiger partial charge in [-0.05, 0) is 66.8 Å². The number of hydrogen-bond donors (Lipinski definition) is 0. The number of pyridine rings is 1. The molecule has 2 aromatic rings. The number of likely N-dealkylation sites (tertiary alicyclic amines) is 1. The second-order valence-electron chi connectivity index (χ2n) is 8.89. The Morgan fingerprint density at radius 3 is 2.62 bits per heavy atom. The van der Waals surface area contributed by atoms with Crippen LogP contribution in [0.5, 0.6) is 0 Å². The molecule has 1 aromatic carbocycles. The van der Waals surface area contributed by atoms with E-state index in [9.17, 15) is 9.59 Å². The summed E-state index contributed by atoms with van der Waals surface area (Å²) in [5.41, 5.74) is 2.95. The molecule has 0 saturated carbocycles. The van der Waals surface area contributed by atoms with Crippen LogP contribution in [0.4, 0.5) is 0 Å². The molecule has 0 N–H and O–H groups in total. The molecule has 154 valence electrons. The van der Waals surface area contributed by atoms with E-state index in [1.165, 1.54) is 5.56 Å². The molecular formula is C24H30N2O3. The summed E-state index contributed by atoms with van der Waals surface area (Å²) in [6.45, 7) is 9.10. The van der Waals surface area contributed by atoms with E-state index in [1.54, 1.807) is 10.8 Å². The predicted molar refractivity (Wildman–Crippen MR) is 114 cm³/mol. The van der Waals surface area contributed by atoms with Gasteiger partial charge in [0.15, 0.2) is 0 Å². The molecule has 29 heavy (non-hydrogen) atoms. The number of ether oxygens (including phenoxy) is 1. The lowest BCUT2D eigenvalue weighted by Crippen LogP contribution is -2.38. The number of nitrogens with zero attached hydrogens (tertiary/aromatic N) is 2. The van der Waals surface area contributed by atoms with E-state index in [-0.39, 0.29) is 16.9 Å². The topological polar surface area (TPSA) is 51.5 Å². The summed E-state index contributed by atoms with van der Waals surface area (Å²) >= 11 is 0. The quantitative estimate of drug-likeness (QED) is 0.793. The molecule has 0 unspecified atom stereocenters. The Labute approximate surface area is 172 Å². The minimum absolute atomic E-state index is 0.134. The number of aryl methyl sites for hydroxylation is 1. The lowest BCUT2D eigenvalue weighted by atomic mass is 9.80. The van der Waals surface area contributed by atoms with Gasteiger partial charge in [0.1, 0.15) is 5.56 Å². The molecule has 3 heterocycles. The van der Waals surface area contributed by atoms with Gasteiger partial charge in [0.05, 0.1) is 0 Å². The number of amides is 1. The summed E-state index contributed by atoms with van der Waals surface area (Å²) in [6.07, 6.45) is 4.77. The Kier molecular flexibility index (Phi) is 5.34. The van der Waals surface area contributed by atoms with Crippen LogP contribution in [-0.2, 0) is 4.74 Å². The number of rotatable bonds is 3. The van der Waals surface area contributed by atoms with Gasteiger partial charge in [-0.15, -0.1) is 0 Å². The fourth-order valence-electron chi connectivity index (χ4n) is 4.60. The fourth-order valence-corrected chi connectivity index (χ4v) is 4.60. The molecule has 2 aliphatic heterocycles. The number of carbonyl (C=O) groups excluding carboxylic acids is 1. The average Bonchev–Trinajstić information content (AvgIpc) is 3.12. The van der Waals surface area contributed by atoms with Crippen LogP contribution in [0.1, 0.15) is 60.5 Å². The Balaban J connectivity index is 1.66. The summed E-state index contributed by atoms with van der Waals surface area (Å²) in [4.78, 5) is 28.6. The summed E-state index contributed by atoms with van der Waals surface area (Å²) < 4.78 is 7.11. The summed E-state index contributed by atoms with van der Waals surface area (Å²) in [7, 11) is 0. The molecule has 0 radical (unpaired) electrons. The van der Waals surface area contributed by atoms with Gasteiger partial charge in [0.2, 0.25) is 0 Å². The highest BCUT2D eigenvalue weighted by molar-refractivity contribution is 5.95. The highest BCUT2D eigenvalue weighted by Crippen LogP contribution is 2.40. The first-order chi connectivity index (χ1) is 13.9. The maximum absolute atomic E-state index is 13.4. The molecule has 2 aliphatic rings. The van der Waals surface area contributed by atoms with Crippen molar-refractivity contribution in [1.82, 2.24) is 9.47 Å². The van der Waals surface area contributed by atoms with E-state index in [1.807, 2.05) is 36.1 Å². The third-order valence-corrected chi connectivity index (χ3v) is 6.61. The summed E-state index contributed by atoms with van der Waals surface area (Å²) in [5.74, 6) is 0.239. The third-order valence-electron chi connectivity index (χ3n) is 6.61. The van der Waals surface area contributed by atoms with Gasteiger partial charge in [0.25, 0.3) is 11.5 Å². The van der Waals surface area contributed by atoms with Crippen LogP contribution in [0.2, 0.25) is 0 Å². The lowest BCUT2D eigenvalue weighted by Gasteiger charge is -2.33. The van der Waals surface area contributed by atoms with Crippen molar-refractivity contribution in [2.45, 2.75) is 46.0 Å². The van der Waals surface area contributed by atoms with E-state index in [2.05, 4.69) is 19.9 Å². The zero-order chi connectivity index (χ0) is 20.6. The Hall–Kier alpha value is -2.40. The first-order valence-electron chi connectivity index (χ1n) is 10.6. The third kappa shape index (κ3) is 3.76. The normalized spacial score (nSPS) is 18.6. The SMILES string of the molecule is Cc1ccn(-c2cccc(C(C)C)c2)c(=O)c1C(=O)N1CCC2(CCOCC2)C1. The molecular weight excluding hydrogens is 364 g/mol. The summed E-state index contributed by atoms with van der Waals surface area (Å²) in [6, 6.07) is 9.86. The van der Waals surface area contributed by atoms with E-state index in [0.717, 1.165) is 56.8 Å². The van der Waals surface area contributed by atoms with Crippen molar-refractivity contribution in [2.24, 2.45) is 5.41 Å². The van der Waals surface area contributed by atoms with Crippen molar-refractivity contribution in [2.75, 3.05) is 26.3 Å². The van der Waals surface area contributed by atoms with Gasteiger partial charge >= 0.3 is 0 Å². The molecule has 1 amide bonds. The number of carbonyl (C=O) groups is 1.